The van der Waals surface area contributed by atoms with Gasteiger partial charge in [0.1, 0.15) is 17.3 Å². The van der Waals surface area contributed by atoms with Gasteiger partial charge in [-0.25, -0.2) is 13.6 Å². The van der Waals surface area contributed by atoms with Crippen LogP contribution in [0.25, 0.3) is 0 Å². The average Bonchev–Trinajstić information content (AvgIpc) is 2.57. The zero-order chi connectivity index (χ0) is 17.5. The summed E-state index contributed by atoms with van der Waals surface area (Å²) in [6, 6.07) is 9.70. The molecule has 0 saturated heterocycles. The Morgan fingerprint density at radius 2 is 1.75 bits per heavy atom. The van der Waals surface area contributed by atoms with Crippen molar-refractivity contribution in [1.29, 1.82) is 0 Å². The van der Waals surface area contributed by atoms with Gasteiger partial charge >= 0.3 is 5.97 Å². The molecule has 0 bridgehead atoms. The fourth-order valence-electron chi connectivity index (χ4n) is 1.96. The summed E-state index contributed by atoms with van der Waals surface area (Å²) < 4.78 is 36.6. The highest BCUT2D eigenvalue weighted by Gasteiger charge is 2.14. The van der Waals surface area contributed by atoms with E-state index in [0.29, 0.717) is 6.61 Å². The first kappa shape index (κ1) is 17.6. The normalized spacial score (nSPS) is 10.3. The molecule has 0 aromatic heterocycles. The SMILES string of the molecule is COCc1cccc(C(=O)OCC(=O)Nc2c(F)cccc2F)c1. The van der Waals surface area contributed by atoms with Crippen molar-refractivity contribution in [3.63, 3.8) is 0 Å². The molecule has 0 radical (unpaired) electrons. The third kappa shape index (κ3) is 4.60. The van der Waals surface area contributed by atoms with E-state index in [0.717, 1.165) is 17.7 Å². The number of amides is 1. The monoisotopic (exact) mass is 335 g/mol. The first-order valence-electron chi connectivity index (χ1n) is 7.00. The molecule has 24 heavy (non-hydrogen) atoms. The Balaban J connectivity index is 1.94. The Hall–Kier alpha value is -2.80. The van der Waals surface area contributed by atoms with Crippen molar-refractivity contribution in [3.8, 4) is 0 Å². The number of halogens is 2. The highest BCUT2D eigenvalue weighted by atomic mass is 19.1. The van der Waals surface area contributed by atoms with Crippen molar-refractivity contribution in [1.82, 2.24) is 0 Å². The van der Waals surface area contributed by atoms with Gasteiger partial charge in [-0.2, -0.15) is 0 Å². The predicted octanol–water partition coefficient (Wildman–Crippen LogP) is 2.91. The Bertz CT molecular complexity index is 729. The summed E-state index contributed by atoms with van der Waals surface area (Å²) in [5, 5.41) is 2.03. The van der Waals surface area contributed by atoms with Gasteiger partial charge in [0.25, 0.3) is 5.91 Å². The topological polar surface area (TPSA) is 64.6 Å². The van der Waals surface area contributed by atoms with Crippen LogP contribution in [0, 0.1) is 11.6 Å². The van der Waals surface area contributed by atoms with Gasteiger partial charge in [0.05, 0.1) is 12.2 Å². The van der Waals surface area contributed by atoms with E-state index in [-0.39, 0.29) is 5.56 Å². The van der Waals surface area contributed by atoms with E-state index in [4.69, 9.17) is 9.47 Å². The number of carbonyl (C=O) groups excluding carboxylic acids is 2. The molecule has 0 saturated carbocycles. The maximum atomic E-state index is 13.4. The van der Waals surface area contributed by atoms with Crippen LogP contribution in [-0.4, -0.2) is 25.6 Å². The molecule has 7 heteroatoms. The third-order valence-electron chi connectivity index (χ3n) is 3.04. The number of methoxy groups -OCH3 is 1. The maximum absolute atomic E-state index is 13.4. The average molecular weight is 335 g/mol. The van der Waals surface area contributed by atoms with Crippen LogP contribution in [-0.2, 0) is 20.9 Å². The number of carbonyl (C=O) groups is 2. The fourth-order valence-corrected chi connectivity index (χ4v) is 1.96. The number of anilines is 1. The zero-order valence-corrected chi connectivity index (χ0v) is 12.8. The second kappa shape index (κ2) is 8.16. The summed E-state index contributed by atoms with van der Waals surface area (Å²) in [5.41, 5.74) is 0.430. The molecular formula is C17H15F2NO4. The van der Waals surface area contributed by atoms with Crippen molar-refractivity contribution in [2.24, 2.45) is 0 Å². The molecule has 0 aliphatic heterocycles. The molecule has 0 aliphatic rings. The lowest BCUT2D eigenvalue weighted by Crippen LogP contribution is -2.22. The van der Waals surface area contributed by atoms with Crippen LogP contribution >= 0.6 is 0 Å². The molecule has 0 unspecified atom stereocenters. The predicted molar refractivity (Wildman–Crippen MR) is 82.4 cm³/mol. The van der Waals surface area contributed by atoms with E-state index in [1.165, 1.54) is 19.2 Å². The number of nitrogens with one attached hydrogen (secondary N) is 1. The molecule has 2 aromatic rings. The third-order valence-corrected chi connectivity index (χ3v) is 3.04. The van der Waals surface area contributed by atoms with Crippen molar-refractivity contribution in [2.45, 2.75) is 6.61 Å². The second-order valence-electron chi connectivity index (χ2n) is 4.85. The lowest BCUT2D eigenvalue weighted by Gasteiger charge is -2.09. The van der Waals surface area contributed by atoms with Gasteiger partial charge in [-0.15, -0.1) is 0 Å². The van der Waals surface area contributed by atoms with E-state index >= 15 is 0 Å². The Labute approximate surface area is 137 Å². The molecule has 0 aliphatic carbocycles. The number of rotatable bonds is 6. The van der Waals surface area contributed by atoms with Crippen molar-refractivity contribution in [2.75, 3.05) is 19.0 Å². The molecule has 0 atom stereocenters. The van der Waals surface area contributed by atoms with Crippen LogP contribution in [0.3, 0.4) is 0 Å². The summed E-state index contributed by atoms with van der Waals surface area (Å²) in [6.45, 7) is -0.338. The molecule has 5 nitrogen and oxygen atoms in total. The minimum Gasteiger partial charge on any atom is -0.452 e. The number of hydrogen-bond donors (Lipinski definition) is 1. The summed E-state index contributed by atoms with van der Waals surface area (Å²) in [7, 11) is 1.52. The first-order valence-corrected chi connectivity index (χ1v) is 7.00. The zero-order valence-electron chi connectivity index (χ0n) is 12.8. The fraction of sp³-hybridized carbons (Fsp3) is 0.176. The molecule has 126 valence electrons. The first-order chi connectivity index (χ1) is 11.5. The molecule has 0 spiro atoms. The molecule has 1 N–H and O–H groups in total. The number of ether oxygens (including phenoxy) is 2. The minimum atomic E-state index is -0.915. The van der Waals surface area contributed by atoms with E-state index in [9.17, 15) is 18.4 Å². The van der Waals surface area contributed by atoms with Gasteiger partial charge in [0, 0.05) is 7.11 Å². The Morgan fingerprint density at radius 3 is 2.42 bits per heavy atom. The van der Waals surface area contributed by atoms with E-state index in [2.05, 4.69) is 0 Å². The Morgan fingerprint density at radius 1 is 1.08 bits per heavy atom. The number of hydrogen-bond acceptors (Lipinski definition) is 4. The lowest BCUT2D eigenvalue weighted by molar-refractivity contribution is -0.119. The van der Waals surface area contributed by atoms with E-state index < -0.39 is 35.8 Å². The standard InChI is InChI=1S/C17H15F2NO4/c1-23-9-11-4-2-5-12(8-11)17(22)24-10-15(21)20-16-13(18)6-3-7-14(16)19/h2-8H,9-10H2,1H3,(H,20,21). The number of esters is 1. The van der Waals surface area contributed by atoms with Crippen LogP contribution in [0.15, 0.2) is 42.5 Å². The highest BCUT2D eigenvalue weighted by molar-refractivity contribution is 5.95. The molecule has 2 aromatic carbocycles. The van der Waals surface area contributed by atoms with Gasteiger partial charge in [-0.05, 0) is 29.8 Å². The van der Waals surface area contributed by atoms with Gasteiger partial charge < -0.3 is 14.8 Å². The lowest BCUT2D eigenvalue weighted by atomic mass is 10.1. The minimum absolute atomic E-state index is 0.245. The van der Waals surface area contributed by atoms with Crippen molar-refractivity contribution in [3.05, 3.63) is 65.2 Å². The summed E-state index contributed by atoms with van der Waals surface area (Å²) >= 11 is 0. The molecule has 2 rings (SSSR count). The van der Waals surface area contributed by atoms with Crippen LogP contribution in [0.5, 0.6) is 0 Å². The van der Waals surface area contributed by atoms with Crippen LogP contribution in [0.1, 0.15) is 15.9 Å². The molecule has 0 heterocycles. The maximum Gasteiger partial charge on any atom is 0.338 e. The number of para-hydroxylation sites is 1. The number of benzene rings is 2. The molecule has 1 amide bonds. The van der Waals surface area contributed by atoms with Crippen molar-refractivity contribution >= 4 is 17.6 Å². The van der Waals surface area contributed by atoms with Crippen LogP contribution in [0.4, 0.5) is 14.5 Å². The summed E-state index contributed by atoms with van der Waals surface area (Å²) in [6.07, 6.45) is 0. The van der Waals surface area contributed by atoms with Gasteiger partial charge in [0.15, 0.2) is 6.61 Å². The van der Waals surface area contributed by atoms with E-state index in [1.807, 2.05) is 5.32 Å². The largest absolute Gasteiger partial charge is 0.452 e. The smallest absolute Gasteiger partial charge is 0.338 e. The highest BCUT2D eigenvalue weighted by Crippen LogP contribution is 2.17. The van der Waals surface area contributed by atoms with E-state index in [1.54, 1.807) is 18.2 Å². The van der Waals surface area contributed by atoms with Gasteiger partial charge in [0.2, 0.25) is 0 Å². The van der Waals surface area contributed by atoms with Gasteiger partial charge in [-0.1, -0.05) is 18.2 Å². The second-order valence-corrected chi connectivity index (χ2v) is 4.85. The van der Waals surface area contributed by atoms with Crippen LogP contribution in [0.2, 0.25) is 0 Å². The summed E-state index contributed by atoms with van der Waals surface area (Å²) in [5.74, 6) is -3.40. The quantitative estimate of drug-likeness (QED) is 0.825. The molecular weight excluding hydrogens is 320 g/mol. The van der Waals surface area contributed by atoms with Crippen molar-refractivity contribution < 1.29 is 27.8 Å². The van der Waals surface area contributed by atoms with Gasteiger partial charge in [-0.3, -0.25) is 4.79 Å². The summed E-state index contributed by atoms with van der Waals surface area (Å²) in [4.78, 5) is 23.6. The molecule has 0 fully saturated rings. The Kier molecular flexibility index (Phi) is 5.97. The van der Waals surface area contributed by atoms with Crippen LogP contribution < -0.4 is 5.32 Å².